The number of hydrogen-bond acceptors (Lipinski definition) is 4. The van der Waals surface area contributed by atoms with E-state index in [0.717, 1.165) is 11.3 Å². The summed E-state index contributed by atoms with van der Waals surface area (Å²) in [6.45, 7) is 0.579. The number of hydrogen-bond donors (Lipinski definition) is 1. The van der Waals surface area contributed by atoms with E-state index in [1.807, 2.05) is 18.2 Å². The summed E-state index contributed by atoms with van der Waals surface area (Å²) in [6, 6.07) is 20.0. The number of amides is 1. The lowest BCUT2D eigenvalue weighted by Gasteiger charge is -2.09. The standard InChI is InChI=1S/C21H19FN2OS2/c22-17-10-8-16(9-11-17)15-27-21-19(7-4-12-24-21)20(25)23-13-14-26-18-5-2-1-3-6-18/h1-12H,13-15H2,(H,23,25). The predicted molar refractivity (Wildman–Crippen MR) is 110 cm³/mol. The van der Waals surface area contributed by atoms with E-state index in [1.54, 1.807) is 42.2 Å². The van der Waals surface area contributed by atoms with Crippen molar-refractivity contribution >= 4 is 29.4 Å². The highest BCUT2D eigenvalue weighted by molar-refractivity contribution is 7.99. The predicted octanol–water partition coefficient (Wildman–Crippen LogP) is 5.04. The summed E-state index contributed by atoms with van der Waals surface area (Å²) in [6.07, 6.45) is 1.68. The van der Waals surface area contributed by atoms with Gasteiger partial charge in [0.25, 0.3) is 5.91 Å². The molecule has 0 spiro atoms. The van der Waals surface area contributed by atoms with Crippen molar-refractivity contribution in [1.29, 1.82) is 0 Å². The lowest BCUT2D eigenvalue weighted by Crippen LogP contribution is -2.26. The molecule has 3 rings (SSSR count). The molecule has 6 heteroatoms. The highest BCUT2D eigenvalue weighted by Crippen LogP contribution is 2.24. The number of halogens is 1. The van der Waals surface area contributed by atoms with Crippen molar-refractivity contribution in [3.63, 3.8) is 0 Å². The Morgan fingerprint density at radius 2 is 1.74 bits per heavy atom. The molecule has 0 aliphatic carbocycles. The zero-order valence-corrected chi connectivity index (χ0v) is 16.2. The summed E-state index contributed by atoms with van der Waals surface area (Å²) in [4.78, 5) is 18.0. The van der Waals surface area contributed by atoms with Crippen LogP contribution in [0.25, 0.3) is 0 Å². The zero-order valence-electron chi connectivity index (χ0n) is 14.6. The van der Waals surface area contributed by atoms with Crippen LogP contribution in [0.15, 0.2) is 82.8 Å². The highest BCUT2D eigenvalue weighted by atomic mass is 32.2. The first-order valence-corrected chi connectivity index (χ1v) is 10.5. The van der Waals surface area contributed by atoms with Crippen LogP contribution in [0, 0.1) is 5.82 Å². The van der Waals surface area contributed by atoms with Crippen LogP contribution in [0.3, 0.4) is 0 Å². The Hall–Kier alpha value is -2.31. The average molecular weight is 399 g/mol. The van der Waals surface area contributed by atoms with Crippen molar-refractivity contribution in [2.75, 3.05) is 12.3 Å². The molecule has 1 aromatic heterocycles. The summed E-state index contributed by atoms with van der Waals surface area (Å²) >= 11 is 3.18. The second-order valence-electron chi connectivity index (χ2n) is 5.69. The van der Waals surface area contributed by atoms with Crippen LogP contribution in [0.2, 0.25) is 0 Å². The van der Waals surface area contributed by atoms with Gasteiger partial charge in [0.2, 0.25) is 0 Å². The molecule has 0 fully saturated rings. The maximum Gasteiger partial charge on any atom is 0.254 e. The number of carbonyl (C=O) groups is 1. The molecular weight excluding hydrogens is 379 g/mol. The third kappa shape index (κ3) is 6.12. The van der Waals surface area contributed by atoms with Crippen molar-refractivity contribution in [3.8, 4) is 0 Å². The molecule has 1 amide bonds. The minimum Gasteiger partial charge on any atom is -0.351 e. The number of nitrogens with zero attached hydrogens (tertiary/aromatic N) is 1. The van der Waals surface area contributed by atoms with E-state index < -0.39 is 0 Å². The second kappa shape index (κ2) is 10.1. The Labute approximate surface area is 166 Å². The molecule has 27 heavy (non-hydrogen) atoms. The van der Waals surface area contributed by atoms with Gasteiger partial charge in [-0.05, 0) is 42.0 Å². The van der Waals surface area contributed by atoms with E-state index in [2.05, 4.69) is 22.4 Å². The third-order valence-electron chi connectivity index (χ3n) is 3.70. The fourth-order valence-corrected chi connectivity index (χ4v) is 4.09. The summed E-state index contributed by atoms with van der Waals surface area (Å²) in [5.41, 5.74) is 1.55. The van der Waals surface area contributed by atoms with Crippen LogP contribution in [0.1, 0.15) is 15.9 Å². The van der Waals surface area contributed by atoms with Crippen LogP contribution >= 0.6 is 23.5 Å². The summed E-state index contributed by atoms with van der Waals surface area (Å²) in [7, 11) is 0. The molecule has 0 bridgehead atoms. The van der Waals surface area contributed by atoms with E-state index in [-0.39, 0.29) is 11.7 Å². The fourth-order valence-electron chi connectivity index (χ4n) is 2.36. The third-order valence-corrected chi connectivity index (χ3v) is 5.79. The summed E-state index contributed by atoms with van der Waals surface area (Å²) in [5, 5.41) is 3.63. The molecule has 1 heterocycles. The van der Waals surface area contributed by atoms with Gasteiger partial charge in [0.15, 0.2) is 0 Å². The van der Waals surface area contributed by atoms with Crippen molar-refractivity contribution in [2.24, 2.45) is 0 Å². The van der Waals surface area contributed by atoms with Gasteiger partial charge in [0.1, 0.15) is 10.8 Å². The molecule has 0 atom stereocenters. The molecule has 3 aromatic rings. The largest absolute Gasteiger partial charge is 0.351 e. The molecule has 138 valence electrons. The molecule has 0 saturated carbocycles. The Balaban J connectivity index is 1.52. The Morgan fingerprint density at radius 1 is 0.963 bits per heavy atom. The van der Waals surface area contributed by atoms with E-state index in [0.29, 0.717) is 22.9 Å². The van der Waals surface area contributed by atoms with E-state index >= 15 is 0 Å². The zero-order chi connectivity index (χ0) is 18.9. The first-order chi connectivity index (χ1) is 13.2. The fraction of sp³-hybridized carbons (Fsp3) is 0.143. The Morgan fingerprint density at radius 3 is 2.52 bits per heavy atom. The number of aromatic nitrogens is 1. The summed E-state index contributed by atoms with van der Waals surface area (Å²) in [5.74, 6) is 1.04. The highest BCUT2D eigenvalue weighted by Gasteiger charge is 2.12. The van der Waals surface area contributed by atoms with Crippen molar-refractivity contribution < 1.29 is 9.18 Å². The van der Waals surface area contributed by atoms with Gasteiger partial charge in [-0.2, -0.15) is 0 Å². The van der Waals surface area contributed by atoms with Crippen molar-refractivity contribution in [1.82, 2.24) is 10.3 Å². The molecule has 0 aliphatic heterocycles. The lowest BCUT2D eigenvalue weighted by molar-refractivity contribution is 0.0952. The van der Waals surface area contributed by atoms with Gasteiger partial charge >= 0.3 is 0 Å². The quantitative estimate of drug-likeness (QED) is 0.427. The number of rotatable bonds is 8. The Kier molecular flexibility index (Phi) is 7.30. The van der Waals surface area contributed by atoms with E-state index in [9.17, 15) is 9.18 Å². The molecule has 0 saturated heterocycles. The molecule has 2 aromatic carbocycles. The minimum atomic E-state index is -0.255. The molecule has 0 radical (unpaired) electrons. The number of nitrogens with one attached hydrogen (secondary N) is 1. The van der Waals surface area contributed by atoms with Crippen LogP contribution in [0.5, 0.6) is 0 Å². The molecule has 0 aliphatic rings. The van der Waals surface area contributed by atoms with Crippen LogP contribution < -0.4 is 5.32 Å². The number of pyridine rings is 1. The topological polar surface area (TPSA) is 42.0 Å². The molecule has 0 unspecified atom stereocenters. The van der Waals surface area contributed by atoms with E-state index in [1.165, 1.54) is 28.8 Å². The Bertz CT molecular complexity index is 873. The molecule has 3 nitrogen and oxygen atoms in total. The van der Waals surface area contributed by atoms with Gasteiger partial charge in [-0.25, -0.2) is 9.37 Å². The van der Waals surface area contributed by atoms with Gasteiger partial charge in [-0.3, -0.25) is 4.79 Å². The van der Waals surface area contributed by atoms with Gasteiger partial charge in [0.05, 0.1) is 5.56 Å². The van der Waals surface area contributed by atoms with Crippen molar-refractivity contribution in [2.45, 2.75) is 15.7 Å². The SMILES string of the molecule is O=C(NCCSc1ccccc1)c1cccnc1SCc1ccc(F)cc1. The minimum absolute atomic E-state index is 0.127. The molecule has 1 N–H and O–H groups in total. The van der Waals surface area contributed by atoms with Gasteiger partial charge in [-0.15, -0.1) is 23.5 Å². The number of thioether (sulfide) groups is 2. The molecular formula is C21H19FN2OS2. The lowest BCUT2D eigenvalue weighted by atomic mass is 10.2. The maximum atomic E-state index is 13.0. The first-order valence-electron chi connectivity index (χ1n) is 8.51. The summed E-state index contributed by atoms with van der Waals surface area (Å²) < 4.78 is 13.0. The second-order valence-corrected chi connectivity index (χ2v) is 7.82. The van der Waals surface area contributed by atoms with E-state index in [4.69, 9.17) is 0 Å². The van der Waals surface area contributed by atoms with Gasteiger partial charge < -0.3 is 5.32 Å². The van der Waals surface area contributed by atoms with Crippen molar-refractivity contribution in [3.05, 3.63) is 89.9 Å². The number of benzene rings is 2. The average Bonchev–Trinajstić information content (AvgIpc) is 2.71. The van der Waals surface area contributed by atoms with Gasteiger partial charge in [0, 0.05) is 29.1 Å². The van der Waals surface area contributed by atoms with Crippen LogP contribution in [-0.2, 0) is 5.75 Å². The smallest absolute Gasteiger partial charge is 0.254 e. The first kappa shape index (κ1) is 19.5. The van der Waals surface area contributed by atoms with Gasteiger partial charge in [-0.1, -0.05) is 30.3 Å². The van der Waals surface area contributed by atoms with Crippen LogP contribution in [-0.4, -0.2) is 23.2 Å². The monoisotopic (exact) mass is 398 g/mol. The number of carbonyl (C=O) groups excluding carboxylic acids is 1. The normalized spacial score (nSPS) is 10.6. The van der Waals surface area contributed by atoms with Crippen LogP contribution in [0.4, 0.5) is 4.39 Å². The maximum absolute atomic E-state index is 13.0.